The SMILES string of the molecule is COc1ccc(C(=O)OCCC(C)(C)O)cc1N. The second kappa shape index (κ2) is 5.73. The Balaban J connectivity index is 2.59. The molecule has 0 bridgehead atoms. The molecule has 3 N–H and O–H groups in total. The normalized spacial score (nSPS) is 11.1. The van der Waals surface area contributed by atoms with Crippen molar-refractivity contribution in [1.29, 1.82) is 0 Å². The van der Waals surface area contributed by atoms with Crippen LogP contribution >= 0.6 is 0 Å². The Bertz CT molecular complexity index is 423. The number of nitrogen functional groups attached to an aromatic ring is 1. The molecule has 0 atom stereocenters. The molecule has 0 heterocycles. The first-order chi connectivity index (χ1) is 8.33. The van der Waals surface area contributed by atoms with Gasteiger partial charge in [0.05, 0.1) is 30.6 Å². The van der Waals surface area contributed by atoms with Crippen LogP contribution in [0.5, 0.6) is 5.75 Å². The Hall–Kier alpha value is -1.75. The molecule has 1 aromatic carbocycles. The van der Waals surface area contributed by atoms with Crippen molar-refractivity contribution in [3.8, 4) is 5.75 Å². The highest BCUT2D eigenvalue weighted by molar-refractivity contribution is 5.91. The van der Waals surface area contributed by atoms with E-state index in [0.717, 1.165) is 0 Å². The topological polar surface area (TPSA) is 81.8 Å². The number of hydrogen-bond donors (Lipinski definition) is 2. The van der Waals surface area contributed by atoms with Crippen molar-refractivity contribution in [2.75, 3.05) is 19.5 Å². The number of hydrogen-bond acceptors (Lipinski definition) is 5. The smallest absolute Gasteiger partial charge is 0.338 e. The van der Waals surface area contributed by atoms with E-state index >= 15 is 0 Å². The first kappa shape index (κ1) is 14.3. The molecule has 0 aliphatic heterocycles. The van der Waals surface area contributed by atoms with Crippen molar-refractivity contribution < 1.29 is 19.4 Å². The van der Waals surface area contributed by atoms with Crippen molar-refractivity contribution in [3.63, 3.8) is 0 Å². The summed E-state index contributed by atoms with van der Waals surface area (Å²) < 4.78 is 10.0. The van der Waals surface area contributed by atoms with Crippen LogP contribution in [0.2, 0.25) is 0 Å². The zero-order chi connectivity index (χ0) is 13.8. The van der Waals surface area contributed by atoms with Gasteiger partial charge in [0, 0.05) is 6.42 Å². The van der Waals surface area contributed by atoms with Crippen LogP contribution < -0.4 is 10.5 Å². The fourth-order valence-electron chi connectivity index (χ4n) is 1.34. The molecule has 0 radical (unpaired) electrons. The first-order valence-corrected chi connectivity index (χ1v) is 5.66. The summed E-state index contributed by atoms with van der Waals surface area (Å²) in [7, 11) is 1.51. The molecular formula is C13H19NO4. The molecule has 0 aliphatic carbocycles. The monoisotopic (exact) mass is 253 g/mol. The number of carbonyl (C=O) groups excluding carboxylic acids is 1. The van der Waals surface area contributed by atoms with Crippen LogP contribution in [0.1, 0.15) is 30.6 Å². The molecule has 100 valence electrons. The molecule has 0 saturated heterocycles. The molecule has 1 rings (SSSR count). The highest BCUT2D eigenvalue weighted by atomic mass is 16.5. The average molecular weight is 253 g/mol. The van der Waals surface area contributed by atoms with Gasteiger partial charge in [-0.25, -0.2) is 4.79 Å². The van der Waals surface area contributed by atoms with Crippen molar-refractivity contribution in [1.82, 2.24) is 0 Å². The van der Waals surface area contributed by atoms with Gasteiger partial charge in [-0.15, -0.1) is 0 Å². The summed E-state index contributed by atoms with van der Waals surface area (Å²) in [6, 6.07) is 4.70. The van der Waals surface area contributed by atoms with Crippen LogP contribution in [-0.4, -0.2) is 30.4 Å². The molecule has 1 aromatic rings. The van der Waals surface area contributed by atoms with Gasteiger partial charge in [0.15, 0.2) is 0 Å². The molecule has 5 nitrogen and oxygen atoms in total. The number of ether oxygens (including phenoxy) is 2. The lowest BCUT2D eigenvalue weighted by atomic mass is 10.1. The zero-order valence-corrected chi connectivity index (χ0v) is 10.9. The van der Waals surface area contributed by atoms with Crippen molar-refractivity contribution >= 4 is 11.7 Å². The standard InChI is InChI=1S/C13H19NO4/c1-13(2,16)6-7-18-12(15)9-4-5-11(17-3)10(14)8-9/h4-5,8,16H,6-7,14H2,1-3H3. The summed E-state index contributed by atoms with van der Waals surface area (Å²) in [5.41, 5.74) is 5.60. The van der Waals surface area contributed by atoms with E-state index < -0.39 is 11.6 Å². The summed E-state index contributed by atoms with van der Waals surface area (Å²) in [5, 5.41) is 9.49. The minimum Gasteiger partial charge on any atom is -0.495 e. The molecule has 0 unspecified atom stereocenters. The maximum Gasteiger partial charge on any atom is 0.338 e. The molecule has 0 aromatic heterocycles. The minimum absolute atomic E-state index is 0.161. The number of benzene rings is 1. The van der Waals surface area contributed by atoms with E-state index in [2.05, 4.69) is 0 Å². The zero-order valence-electron chi connectivity index (χ0n) is 10.9. The maximum absolute atomic E-state index is 11.7. The molecule has 0 aliphatic rings. The van der Waals surface area contributed by atoms with Crippen molar-refractivity contribution in [2.45, 2.75) is 25.9 Å². The van der Waals surface area contributed by atoms with E-state index in [0.29, 0.717) is 23.4 Å². The van der Waals surface area contributed by atoms with Gasteiger partial charge >= 0.3 is 5.97 Å². The number of esters is 1. The van der Waals surface area contributed by atoms with E-state index in [4.69, 9.17) is 15.2 Å². The Kier molecular flexibility index (Phi) is 4.55. The summed E-state index contributed by atoms with van der Waals surface area (Å²) in [6.07, 6.45) is 0.379. The first-order valence-electron chi connectivity index (χ1n) is 5.66. The van der Waals surface area contributed by atoms with E-state index in [1.165, 1.54) is 13.2 Å². The van der Waals surface area contributed by atoms with Gasteiger partial charge in [-0.05, 0) is 32.0 Å². The summed E-state index contributed by atoms with van der Waals surface area (Å²) >= 11 is 0. The van der Waals surface area contributed by atoms with Crippen LogP contribution in [0.15, 0.2) is 18.2 Å². The number of aliphatic hydroxyl groups is 1. The molecule has 5 heteroatoms. The van der Waals surface area contributed by atoms with Gasteiger partial charge in [0.2, 0.25) is 0 Å². The lowest BCUT2D eigenvalue weighted by Gasteiger charge is -2.16. The molecule has 0 amide bonds. The summed E-state index contributed by atoms with van der Waals surface area (Å²) in [6.45, 7) is 3.48. The van der Waals surface area contributed by atoms with E-state index in [-0.39, 0.29) is 6.61 Å². The lowest BCUT2D eigenvalue weighted by molar-refractivity contribution is 0.0244. The number of methoxy groups -OCH3 is 1. The second-order valence-electron chi connectivity index (χ2n) is 4.66. The van der Waals surface area contributed by atoms with E-state index in [1.807, 2.05) is 0 Å². The quantitative estimate of drug-likeness (QED) is 0.615. The fourth-order valence-corrected chi connectivity index (χ4v) is 1.34. The van der Waals surface area contributed by atoms with Gasteiger partial charge in [0.25, 0.3) is 0 Å². The molecule has 0 spiro atoms. The van der Waals surface area contributed by atoms with E-state index in [9.17, 15) is 9.90 Å². The molecule has 0 fully saturated rings. The van der Waals surface area contributed by atoms with Gasteiger partial charge < -0.3 is 20.3 Å². The van der Waals surface area contributed by atoms with Crippen molar-refractivity contribution in [2.24, 2.45) is 0 Å². The number of anilines is 1. The minimum atomic E-state index is -0.848. The second-order valence-corrected chi connectivity index (χ2v) is 4.66. The van der Waals surface area contributed by atoms with Gasteiger partial charge in [-0.2, -0.15) is 0 Å². The van der Waals surface area contributed by atoms with Crippen LogP contribution in [0, 0.1) is 0 Å². The van der Waals surface area contributed by atoms with Crippen LogP contribution in [0.4, 0.5) is 5.69 Å². The van der Waals surface area contributed by atoms with Gasteiger partial charge in [0.1, 0.15) is 5.75 Å². The van der Waals surface area contributed by atoms with E-state index in [1.54, 1.807) is 26.0 Å². The lowest BCUT2D eigenvalue weighted by Crippen LogP contribution is -2.22. The average Bonchev–Trinajstić information content (AvgIpc) is 2.27. The Morgan fingerprint density at radius 1 is 1.44 bits per heavy atom. The van der Waals surface area contributed by atoms with Crippen LogP contribution in [0.25, 0.3) is 0 Å². The number of nitrogens with two attached hydrogens (primary N) is 1. The predicted octanol–water partition coefficient (Wildman–Crippen LogP) is 1.60. The predicted molar refractivity (Wildman–Crippen MR) is 68.6 cm³/mol. The Morgan fingerprint density at radius 2 is 2.11 bits per heavy atom. The maximum atomic E-state index is 11.7. The third-order valence-corrected chi connectivity index (χ3v) is 2.41. The summed E-state index contributed by atoms with van der Waals surface area (Å²) in [5.74, 6) is 0.0524. The van der Waals surface area contributed by atoms with Crippen molar-refractivity contribution in [3.05, 3.63) is 23.8 Å². The third kappa shape index (κ3) is 4.25. The van der Waals surface area contributed by atoms with Gasteiger partial charge in [-0.3, -0.25) is 0 Å². The largest absolute Gasteiger partial charge is 0.495 e. The third-order valence-electron chi connectivity index (χ3n) is 2.41. The Morgan fingerprint density at radius 3 is 2.61 bits per heavy atom. The Labute approximate surface area is 107 Å². The highest BCUT2D eigenvalue weighted by Crippen LogP contribution is 2.22. The number of rotatable bonds is 5. The van der Waals surface area contributed by atoms with Crippen LogP contribution in [0.3, 0.4) is 0 Å². The van der Waals surface area contributed by atoms with Crippen LogP contribution in [-0.2, 0) is 4.74 Å². The molecule has 0 saturated carbocycles. The fraction of sp³-hybridized carbons (Fsp3) is 0.462. The summed E-state index contributed by atoms with van der Waals surface area (Å²) in [4.78, 5) is 11.7. The molecular weight excluding hydrogens is 234 g/mol. The number of carbonyl (C=O) groups is 1. The molecule has 18 heavy (non-hydrogen) atoms. The van der Waals surface area contributed by atoms with Gasteiger partial charge in [-0.1, -0.05) is 0 Å². The highest BCUT2D eigenvalue weighted by Gasteiger charge is 2.15.